The molecule has 0 bridgehead atoms. The second-order valence-electron chi connectivity index (χ2n) is 28.9. The van der Waals surface area contributed by atoms with Crippen LogP contribution < -0.4 is 18.9 Å². The second-order valence-corrected chi connectivity index (χ2v) is 28.9. The van der Waals surface area contributed by atoms with Crippen LogP contribution in [0.25, 0.3) is 43.1 Å². The van der Waals surface area contributed by atoms with Crippen molar-refractivity contribution in [2.75, 3.05) is 0 Å². The molecule has 0 spiro atoms. The molecule has 0 atom stereocenters. The number of imide groups is 1. The van der Waals surface area contributed by atoms with Crippen LogP contribution in [0.1, 0.15) is 238 Å². The fraction of sp³-hybridized carbons (Fsp3) is 0.392. The number of hydrogen-bond donors (Lipinski definition) is 0. The molecule has 0 aliphatic carbocycles. The number of nitrogens with zero attached hydrogens (tertiary/aromatic N) is 1. The van der Waals surface area contributed by atoms with E-state index in [1.54, 1.807) is 29.2 Å². The zero-order valence-corrected chi connectivity index (χ0v) is 54.7. The molecule has 0 unspecified atom stereocenters. The normalized spacial score (nSPS) is 13.9. The summed E-state index contributed by atoms with van der Waals surface area (Å²) in [6.07, 6.45) is 11.7. The number of cyclic esters (lactones) is 2. The number of unbranched alkanes of at least 4 members (excludes halogenated alkanes) is 8. The summed E-state index contributed by atoms with van der Waals surface area (Å²) in [5.41, 5.74) is 4.53. The molecule has 89 heavy (non-hydrogen) atoms. The summed E-state index contributed by atoms with van der Waals surface area (Å²) >= 11 is 0. The van der Waals surface area contributed by atoms with E-state index in [0.29, 0.717) is 90.1 Å². The summed E-state index contributed by atoms with van der Waals surface area (Å²) in [5.74, 6) is 0.506. The van der Waals surface area contributed by atoms with Gasteiger partial charge in [-0.2, -0.15) is 0 Å². The maximum atomic E-state index is 16.2. The Morgan fingerprint density at radius 3 is 0.865 bits per heavy atom. The van der Waals surface area contributed by atoms with Crippen LogP contribution in [0, 0.1) is 0 Å². The molecule has 2 heterocycles. The van der Waals surface area contributed by atoms with Gasteiger partial charge in [-0.25, -0.2) is 9.59 Å². The molecule has 2 amide bonds. The second kappa shape index (κ2) is 24.3. The summed E-state index contributed by atoms with van der Waals surface area (Å²) in [4.78, 5) is 63.2. The topological polar surface area (TPSA) is 118 Å². The average Bonchev–Trinajstić information content (AvgIpc) is 0.676. The minimum atomic E-state index is -0.845. The molecule has 2 aliphatic rings. The number of benzene rings is 9. The average molecular weight is 1190 g/mol. The number of ether oxygens (including phenoxy) is 5. The molecule has 10 nitrogen and oxygen atoms in total. The first-order chi connectivity index (χ1) is 42.2. The zero-order valence-electron chi connectivity index (χ0n) is 54.7. The Hall–Kier alpha value is -8.24. The van der Waals surface area contributed by atoms with Crippen molar-refractivity contribution in [3.05, 3.63) is 166 Å². The Bertz CT molecular complexity index is 3910. The lowest BCUT2D eigenvalue weighted by molar-refractivity contribution is 0.0388. The standard InChI is InChI=1S/C79H87NO9/c1-15-17-19-21-23-25-51(26-24-22-20-18-16-2)80-72(81)56-43-60(85-52-35-27-47(28-36-52)76(3,4)5)66-68-62(87-54-39-31-49(32-40-54)78(9,10)11)45-58-65-59(75(84)89-74(58)83)46-63(88-55-41-33-50(34-42-55)79(12,13)14)69(71(65)68)67-61(44-57(73(80)82)64(56)70(66)67)86-53-37-29-48(30-38-53)77(6,7)8/h27-46,51H,15-26H2,1-14H3. The molecule has 9 aromatic rings. The molecule has 10 heteroatoms. The van der Waals surface area contributed by atoms with Crippen molar-refractivity contribution < 1.29 is 42.9 Å². The predicted octanol–water partition coefficient (Wildman–Crippen LogP) is 22.1. The van der Waals surface area contributed by atoms with Crippen LogP contribution in [-0.4, -0.2) is 34.7 Å². The minimum Gasteiger partial charge on any atom is -0.457 e. The third-order valence-electron chi connectivity index (χ3n) is 18.1. The first-order valence-corrected chi connectivity index (χ1v) is 32.4. The summed E-state index contributed by atoms with van der Waals surface area (Å²) in [6.45, 7) is 30.3. The Labute approximate surface area is 525 Å². The van der Waals surface area contributed by atoms with Gasteiger partial charge in [0.25, 0.3) is 11.8 Å². The number of amides is 2. The molecule has 11 rings (SSSR count). The van der Waals surface area contributed by atoms with Gasteiger partial charge >= 0.3 is 11.9 Å². The summed E-state index contributed by atoms with van der Waals surface area (Å²) in [5, 5.41) is 3.51. The third kappa shape index (κ3) is 12.3. The van der Waals surface area contributed by atoms with Gasteiger partial charge in [0.15, 0.2) is 0 Å². The lowest BCUT2D eigenvalue weighted by Gasteiger charge is -2.35. The molecule has 0 saturated heterocycles. The van der Waals surface area contributed by atoms with Gasteiger partial charge in [0.1, 0.15) is 46.0 Å². The smallest absolute Gasteiger partial charge is 0.346 e. The van der Waals surface area contributed by atoms with Gasteiger partial charge < -0.3 is 23.7 Å². The SMILES string of the molecule is CCCCCCCC(CCCCCCC)N1C(=O)c2cc(Oc3ccc(C(C)(C)C)cc3)c3c4c(Oc5ccc(C(C)(C)C)cc5)cc5c6c(cc(Oc7ccc(C(C)(C)C)cc7)c(c7c(Oc8ccc(C(C)(C)C)cc8)cc(c2c37)C1=O)c64)C(=O)OC5=O. The molecule has 462 valence electrons. The van der Waals surface area contributed by atoms with E-state index in [-0.39, 0.29) is 61.8 Å². The van der Waals surface area contributed by atoms with E-state index < -0.39 is 23.8 Å². The monoisotopic (exact) mass is 1190 g/mol. The van der Waals surface area contributed by atoms with Gasteiger partial charge in [0.2, 0.25) is 0 Å². The zero-order chi connectivity index (χ0) is 63.5. The van der Waals surface area contributed by atoms with E-state index in [9.17, 15) is 9.59 Å². The van der Waals surface area contributed by atoms with Gasteiger partial charge in [0.05, 0.1) is 22.3 Å². The van der Waals surface area contributed by atoms with Crippen molar-refractivity contribution in [2.24, 2.45) is 0 Å². The van der Waals surface area contributed by atoms with Crippen molar-refractivity contribution in [1.29, 1.82) is 0 Å². The van der Waals surface area contributed by atoms with Gasteiger partial charge in [-0.15, -0.1) is 0 Å². The highest BCUT2D eigenvalue weighted by Crippen LogP contribution is 2.58. The summed E-state index contributed by atoms with van der Waals surface area (Å²) < 4.78 is 34.6. The maximum Gasteiger partial charge on any atom is 0.346 e. The van der Waals surface area contributed by atoms with Crippen molar-refractivity contribution in [1.82, 2.24) is 4.90 Å². The van der Waals surface area contributed by atoms with Crippen LogP contribution in [-0.2, 0) is 26.4 Å². The number of fused-ring (bicyclic) bond motifs is 2. The van der Waals surface area contributed by atoms with Gasteiger partial charge in [-0.05, 0) is 130 Å². The minimum absolute atomic E-state index is 0.105. The third-order valence-corrected chi connectivity index (χ3v) is 18.1. The molecular formula is C79H87NO9. The fourth-order valence-electron chi connectivity index (χ4n) is 13.0. The molecular weight excluding hydrogens is 1110 g/mol. The van der Waals surface area contributed by atoms with E-state index in [1.807, 2.05) is 72.8 Å². The highest BCUT2D eigenvalue weighted by molar-refractivity contribution is 6.44. The van der Waals surface area contributed by atoms with Crippen molar-refractivity contribution in [3.8, 4) is 46.0 Å². The molecule has 9 aromatic carbocycles. The van der Waals surface area contributed by atoms with E-state index >= 15 is 9.59 Å². The van der Waals surface area contributed by atoms with Gasteiger partial charge in [-0.1, -0.05) is 210 Å². The van der Waals surface area contributed by atoms with E-state index in [1.165, 1.54) is 0 Å². The molecule has 2 aliphatic heterocycles. The van der Waals surface area contributed by atoms with Crippen LogP contribution in [0.15, 0.2) is 121 Å². The van der Waals surface area contributed by atoms with E-state index in [0.717, 1.165) is 86.5 Å². The van der Waals surface area contributed by atoms with Crippen molar-refractivity contribution >= 4 is 66.8 Å². The lowest BCUT2D eigenvalue weighted by Crippen LogP contribution is -2.47. The Balaban J connectivity index is 1.30. The first-order valence-electron chi connectivity index (χ1n) is 32.4. The van der Waals surface area contributed by atoms with Gasteiger partial charge in [-0.3, -0.25) is 14.5 Å². The molecule has 0 aromatic heterocycles. The Morgan fingerprint density at radius 2 is 0.596 bits per heavy atom. The summed E-state index contributed by atoms with van der Waals surface area (Å²) in [6, 6.07) is 38.2. The van der Waals surface area contributed by atoms with E-state index in [4.69, 9.17) is 23.7 Å². The predicted molar refractivity (Wildman–Crippen MR) is 359 cm³/mol. The first kappa shape index (κ1) is 62.4. The number of rotatable bonds is 21. The number of carbonyl (C=O) groups is 4. The molecule has 0 radical (unpaired) electrons. The van der Waals surface area contributed by atoms with Crippen molar-refractivity contribution in [3.63, 3.8) is 0 Å². The Morgan fingerprint density at radius 1 is 0.337 bits per heavy atom. The van der Waals surface area contributed by atoms with Crippen LogP contribution in [0.3, 0.4) is 0 Å². The number of carbonyl (C=O) groups excluding carboxylic acids is 4. The lowest BCUT2D eigenvalue weighted by atomic mass is 9.81. The highest BCUT2D eigenvalue weighted by atomic mass is 16.6. The molecule has 0 fully saturated rings. The highest BCUT2D eigenvalue weighted by Gasteiger charge is 2.42. The number of hydrogen-bond acceptors (Lipinski definition) is 9. The summed E-state index contributed by atoms with van der Waals surface area (Å²) in [7, 11) is 0. The quantitative estimate of drug-likeness (QED) is 0.0173. The fourth-order valence-corrected chi connectivity index (χ4v) is 13.0. The van der Waals surface area contributed by atoms with Gasteiger partial charge in [0, 0.05) is 49.1 Å². The van der Waals surface area contributed by atoms with Crippen molar-refractivity contribution in [2.45, 2.75) is 202 Å². The molecule has 0 N–H and O–H groups in total. The maximum absolute atomic E-state index is 16.2. The van der Waals surface area contributed by atoms with Crippen LogP contribution >= 0.6 is 0 Å². The largest absolute Gasteiger partial charge is 0.457 e. The molecule has 0 saturated carbocycles. The van der Waals surface area contributed by atoms with E-state index in [2.05, 4.69) is 121 Å². The number of esters is 2. The van der Waals surface area contributed by atoms with Crippen LogP contribution in [0.5, 0.6) is 46.0 Å². The van der Waals surface area contributed by atoms with Crippen LogP contribution in [0.2, 0.25) is 0 Å². The van der Waals surface area contributed by atoms with Crippen LogP contribution in [0.4, 0.5) is 0 Å². The Kier molecular flexibility index (Phi) is 17.0.